The van der Waals surface area contributed by atoms with Gasteiger partial charge in [-0.15, -0.1) is 12.4 Å². The van der Waals surface area contributed by atoms with Crippen molar-refractivity contribution in [2.45, 2.75) is 0 Å². The van der Waals surface area contributed by atoms with Crippen LogP contribution in [0.3, 0.4) is 0 Å². The molecule has 3 heteroatoms. The van der Waals surface area contributed by atoms with Gasteiger partial charge in [-0.05, 0) is 0 Å². The summed E-state index contributed by atoms with van der Waals surface area (Å²) >= 11 is 0. The van der Waals surface area contributed by atoms with Gasteiger partial charge in [-0.2, -0.15) is 0 Å². The predicted molar refractivity (Wildman–Crippen MR) is 19.4 cm³/mol. The number of halogens is 2. The van der Waals surface area contributed by atoms with Gasteiger partial charge in [0.25, 0.3) is 0 Å². The van der Waals surface area contributed by atoms with Crippen molar-refractivity contribution in [2.75, 3.05) is 0 Å². The summed E-state index contributed by atoms with van der Waals surface area (Å²) < 4.78 is 0. The van der Waals surface area contributed by atoms with Crippen LogP contribution in [0.15, 0.2) is 0 Å². The smallest absolute Gasteiger partial charge is 1.00 e. The molecule has 24 valence electrons. The first kappa shape index (κ1) is 55.7. The summed E-state index contributed by atoms with van der Waals surface area (Å²) in [5.41, 5.74) is 0. The van der Waals surface area contributed by atoms with E-state index in [2.05, 4.69) is 0 Å². The summed E-state index contributed by atoms with van der Waals surface area (Å²) in [7, 11) is 0. The SMILES string of the molecule is Cl.[CH3-].[Cl-].[Mg+2]. The molecular formula is CH4Cl2Mg. The van der Waals surface area contributed by atoms with Gasteiger partial charge in [0.05, 0.1) is 0 Å². The summed E-state index contributed by atoms with van der Waals surface area (Å²) in [5.74, 6) is 0. The van der Waals surface area contributed by atoms with Crippen LogP contribution in [0.25, 0.3) is 0 Å². The molecule has 4 heavy (non-hydrogen) atoms. The molecule has 0 atom stereocenters. The maximum atomic E-state index is 0. The van der Waals surface area contributed by atoms with E-state index in [1.54, 1.807) is 0 Å². The van der Waals surface area contributed by atoms with Crippen LogP contribution in [0.2, 0.25) is 0 Å². The molecule has 0 N–H and O–H groups in total. The summed E-state index contributed by atoms with van der Waals surface area (Å²) in [4.78, 5) is 0. The predicted octanol–water partition coefficient (Wildman–Crippen LogP) is -2.50. The van der Waals surface area contributed by atoms with Gasteiger partial charge in [0.2, 0.25) is 0 Å². The minimum absolute atomic E-state index is 0. The van der Waals surface area contributed by atoms with E-state index in [1.807, 2.05) is 0 Å². The fourth-order valence-corrected chi connectivity index (χ4v) is 0. The van der Waals surface area contributed by atoms with Crippen molar-refractivity contribution in [1.29, 1.82) is 0 Å². The van der Waals surface area contributed by atoms with E-state index in [0.717, 1.165) is 0 Å². The largest absolute Gasteiger partial charge is 2.00 e. The van der Waals surface area contributed by atoms with Crippen molar-refractivity contribution in [3.05, 3.63) is 7.43 Å². The average molecular weight is 111 g/mol. The molecule has 0 amide bonds. The van der Waals surface area contributed by atoms with Crippen LogP contribution in [-0.2, 0) is 0 Å². The molecule has 0 saturated carbocycles. The molecule has 0 nitrogen and oxygen atoms in total. The second kappa shape index (κ2) is 26.9. The van der Waals surface area contributed by atoms with Crippen LogP contribution in [0.1, 0.15) is 0 Å². The Morgan fingerprint density at radius 2 is 1.00 bits per heavy atom. The number of rotatable bonds is 0. The first-order valence-corrected chi connectivity index (χ1v) is 0. The van der Waals surface area contributed by atoms with Gasteiger partial charge in [-0.3, -0.25) is 0 Å². The fourth-order valence-electron chi connectivity index (χ4n) is 0. The van der Waals surface area contributed by atoms with E-state index in [1.165, 1.54) is 0 Å². The normalized spacial score (nSPS) is 0. The first-order chi connectivity index (χ1) is 0. The Morgan fingerprint density at radius 3 is 1.00 bits per heavy atom. The zero-order chi connectivity index (χ0) is 0. The number of hydrogen-bond acceptors (Lipinski definition) is 0. The molecule has 0 saturated heterocycles. The summed E-state index contributed by atoms with van der Waals surface area (Å²) in [6.45, 7) is 0. The van der Waals surface area contributed by atoms with Crippen LogP contribution in [0.5, 0.6) is 0 Å². The van der Waals surface area contributed by atoms with Crippen molar-refractivity contribution >= 4 is 35.5 Å². The Hall–Kier alpha value is 1.35. The molecular weight excluding hydrogens is 107 g/mol. The van der Waals surface area contributed by atoms with Crippen LogP contribution in [0, 0.1) is 7.43 Å². The third-order valence-corrected chi connectivity index (χ3v) is 0. The molecule has 0 heterocycles. The Balaban J connectivity index is 0. The van der Waals surface area contributed by atoms with Crippen molar-refractivity contribution in [3.63, 3.8) is 0 Å². The van der Waals surface area contributed by atoms with E-state index in [-0.39, 0.29) is 55.3 Å². The molecule has 0 aliphatic rings. The molecule has 0 bridgehead atoms. The third kappa shape index (κ3) is 10.2. The zero-order valence-electron chi connectivity index (χ0n) is 2.49. The second-order valence-corrected chi connectivity index (χ2v) is 0. The molecule has 0 aromatic heterocycles. The first-order valence-electron chi connectivity index (χ1n) is 0. The van der Waals surface area contributed by atoms with E-state index >= 15 is 0 Å². The molecule has 0 unspecified atom stereocenters. The summed E-state index contributed by atoms with van der Waals surface area (Å²) in [5, 5.41) is 0. The van der Waals surface area contributed by atoms with Gasteiger partial charge < -0.3 is 19.8 Å². The minimum atomic E-state index is 0. The maximum absolute atomic E-state index is 0. The van der Waals surface area contributed by atoms with E-state index in [4.69, 9.17) is 0 Å². The molecule has 0 spiro atoms. The third-order valence-electron chi connectivity index (χ3n) is 0. The fraction of sp³-hybridized carbons (Fsp3) is 0. The molecule has 0 aromatic rings. The zero-order valence-corrected chi connectivity index (χ0v) is 5.48. The standard InChI is InChI=1S/CH3.2ClH.Mg/h1H3;2*1H;/q-1;;;+2/p-1. The van der Waals surface area contributed by atoms with Crippen LogP contribution in [0.4, 0.5) is 0 Å². The van der Waals surface area contributed by atoms with Gasteiger partial charge in [-0.25, -0.2) is 0 Å². The van der Waals surface area contributed by atoms with Crippen LogP contribution >= 0.6 is 12.4 Å². The molecule has 0 aromatic carbocycles. The van der Waals surface area contributed by atoms with Gasteiger partial charge in [0.1, 0.15) is 0 Å². The van der Waals surface area contributed by atoms with E-state index < -0.39 is 0 Å². The Bertz CT molecular complexity index is 6.00. The summed E-state index contributed by atoms with van der Waals surface area (Å²) in [6, 6.07) is 0. The Morgan fingerprint density at radius 1 is 1.00 bits per heavy atom. The van der Waals surface area contributed by atoms with Gasteiger partial charge in [0.15, 0.2) is 0 Å². The molecule has 0 rings (SSSR count). The second-order valence-electron chi connectivity index (χ2n) is 0. The minimum Gasteiger partial charge on any atom is -1.00 e. The van der Waals surface area contributed by atoms with Crippen LogP contribution < -0.4 is 12.4 Å². The summed E-state index contributed by atoms with van der Waals surface area (Å²) in [6.07, 6.45) is 0. The van der Waals surface area contributed by atoms with Crippen LogP contribution in [-0.4, -0.2) is 23.1 Å². The number of hydrogen-bond donors (Lipinski definition) is 0. The van der Waals surface area contributed by atoms with Crippen molar-refractivity contribution in [3.8, 4) is 0 Å². The quantitative estimate of drug-likeness (QED) is 0.239. The molecule has 0 aliphatic carbocycles. The average Bonchev–Trinajstić information content (AvgIpc) is 0. The molecule has 0 fully saturated rings. The van der Waals surface area contributed by atoms with Crippen molar-refractivity contribution < 1.29 is 12.4 Å². The molecule has 0 radical (unpaired) electrons. The van der Waals surface area contributed by atoms with Gasteiger partial charge in [-0.1, -0.05) is 0 Å². The Kier molecular flexibility index (Phi) is 374. The van der Waals surface area contributed by atoms with Gasteiger partial charge >= 0.3 is 23.1 Å². The Labute approximate surface area is 55.3 Å². The van der Waals surface area contributed by atoms with Gasteiger partial charge in [0, 0.05) is 0 Å². The maximum Gasteiger partial charge on any atom is 2.00 e. The monoisotopic (exact) mass is 110 g/mol. The van der Waals surface area contributed by atoms with E-state index in [0.29, 0.717) is 0 Å². The van der Waals surface area contributed by atoms with Crippen molar-refractivity contribution in [2.24, 2.45) is 0 Å². The molecule has 0 aliphatic heterocycles. The topological polar surface area (TPSA) is 0 Å². The van der Waals surface area contributed by atoms with E-state index in [9.17, 15) is 0 Å². The van der Waals surface area contributed by atoms with Crippen molar-refractivity contribution in [1.82, 2.24) is 0 Å².